The van der Waals surface area contributed by atoms with Gasteiger partial charge in [-0.15, -0.1) is 11.3 Å². The summed E-state index contributed by atoms with van der Waals surface area (Å²) in [7, 11) is 0. The number of fused-ring (bicyclic) bond motifs is 4. The van der Waals surface area contributed by atoms with Crippen molar-refractivity contribution in [2.75, 3.05) is 19.6 Å². The number of benzene rings is 1. The fourth-order valence-electron chi connectivity index (χ4n) is 4.38. The molecular formula is C19H20N4O2S. The SMILES string of the molecule is Cc1csc(-c2ccc3c(c2)c(C(=O)O)nn3[C@H]2CN3CCC2CC3)n1. The van der Waals surface area contributed by atoms with E-state index in [1.165, 1.54) is 12.8 Å². The van der Waals surface area contributed by atoms with Gasteiger partial charge in [-0.3, -0.25) is 4.68 Å². The molecule has 0 amide bonds. The molecule has 5 heterocycles. The van der Waals surface area contributed by atoms with Crippen LogP contribution in [0.25, 0.3) is 21.5 Å². The smallest absolute Gasteiger partial charge is 0.357 e. The Hall–Kier alpha value is -2.25. The molecule has 134 valence electrons. The van der Waals surface area contributed by atoms with Gasteiger partial charge in [0.15, 0.2) is 5.69 Å². The number of thiazole rings is 1. The zero-order valence-corrected chi connectivity index (χ0v) is 15.4. The molecule has 3 aromatic rings. The van der Waals surface area contributed by atoms with Crippen LogP contribution in [0.5, 0.6) is 0 Å². The Morgan fingerprint density at radius 3 is 2.73 bits per heavy atom. The van der Waals surface area contributed by atoms with Gasteiger partial charge in [0.25, 0.3) is 0 Å². The maximum Gasteiger partial charge on any atom is 0.357 e. The molecule has 6 rings (SSSR count). The second kappa shape index (κ2) is 5.89. The minimum absolute atomic E-state index is 0.145. The second-order valence-corrected chi connectivity index (χ2v) is 8.19. The molecule has 26 heavy (non-hydrogen) atoms. The van der Waals surface area contributed by atoms with Crippen LogP contribution in [0.2, 0.25) is 0 Å². The third-order valence-electron chi connectivity index (χ3n) is 5.71. The Bertz CT molecular complexity index is 1000. The fourth-order valence-corrected chi connectivity index (χ4v) is 5.18. The lowest BCUT2D eigenvalue weighted by atomic mass is 9.84. The van der Waals surface area contributed by atoms with Crippen molar-refractivity contribution in [2.24, 2.45) is 5.92 Å². The summed E-state index contributed by atoms with van der Waals surface area (Å²) >= 11 is 1.58. The summed E-state index contributed by atoms with van der Waals surface area (Å²) in [6.07, 6.45) is 2.34. The van der Waals surface area contributed by atoms with Crippen LogP contribution in [0.15, 0.2) is 23.6 Å². The number of carboxylic acid groups (broad SMARTS) is 1. The molecule has 1 atom stereocenters. The van der Waals surface area contributed by atoms with Crippen LogP contribution < -0.4 is 0 Å². The van der Waals surface area contributed by atoms with Gasteiger partial charge < -0.3 is 10.0 Å². The first-order valence-corrected chi connectivity index (χ1v) is 9.88. The van der Waals surface area contributed by atoms with Crippen molar-refractivity contribution < 1.29 is 9.90 Å². The first-order chi connectivity index (χ1) is 12.6. The van der Waals surface area contributed by atoms with Crippen molar-refractivity contribution >= 4 is 28.2 Å². The van der Waals surface area contributed by atoms with Crippen LogP contribution in [0.4, 0.5) is 0 Å². The first-order valence-electron chi connectivity index (χ1n) is 9.00. The molecule has 3 fully saturated rings. The van der Waals surface area contributed by atoms with Gasteiger partial charge in [-0.1, -0.05) is 0 Å². The molecular weight excluding hydrogens is 348 g/mol. The predicted octanol–water partition coefficient (Wildman–Crippen LogP) is 3.43. The lowest BCUT2D eigenvalue weighted by Crippen LogP contribution is -2.48. The van der Waals surface area contributed by atoms with Crippen LogP contribution in [-0.4, -0.2) is 50.4 Å². The number of carbonyl (C=O) groups is 1. The molecule has 3 aliphatic rings. The van der Waals surface area contributed by atoms with E-state index in [1.807, 2.05) is 35.2 Å². The zero-order chi connectivity index (χ0) is 17.8. The van der Waals surface area contributed by atoms with E-state index in [2.05, 4.69) is 15.0 Å². The average molecular weight is 368 g/mol. The highest BCUT2D eigenvalue weighted by Gasteiger charge is 2.37. The van der Waals surface area contributed by atoms with Gasteiger partial charge in [-0.25, -0.2) is 9.78 Å². The molecule has 6 nitrogen and oxygen atoms in total. The van der Waals surface area contributed by atoms with Crippen molar-refractivity contribution in [2.45, 2.75) is 25.8 Å². The summed E-state index contributed by atoms with van der Waals surface area (Å²) in [6.45, 7) is 5.24. The fraction of sp³-hybridized carbons (Fsp3) is 0.421. The molecule has 7 heteroatoms. The lowest BCUT2D eigenvalue weighted by Gasteiger charge is -2.44. The molecule has 1 N–H and O–H groups in total. The van der Waals surface area contributed by atoms with Crippen LogP contribution >= 0.6 is 11.3 Å². The van der Waals surface area contributed by atoms with Crippen molar-refractivity contribution in [3.05, 3.63) is 35.0 Å². The van der Waals surface area contributed by atoms with E-state index < -0.39 is 5.97 Å². The summed E-state index contributed by atoms with van der Waals surface area (Å²) in [5.41, 5.74) is 2.99. The number of hydrogen-bond acceptors (Lipinski definition) is 5. The Labute approximate surface area is 155 Å². The predicted molar refractivity (Wildman–Crippen MR) is 101 cm³/mol. The maximum atomic E-state index is 11.8. The Morgan fingerprint density at radius 2 is 2.12 bits per heavy atom. The van der Waals surface area contributed by atoms with E-state index in [0.717, 1.165) is 41.4 Å². The molecule has 0 spiro atoms. The quantitative estimate of drug-likeness (QED) is 0.767. The van der Waals surface area contributed by atoms with Gasteiger partial charge in [0.2, 0.25) is 0 Å². The molecule has 2 bridgehead atoms. The zero-order valence-electron chi connectivity index (χ0n) is 14.6. The summed E-state index contributed by atoms with van der Waals surface area (Å²) in [5, 5.41) is 17.9. The molecule has 0 radical (unpaired) electrons. The maximum absolute atomic E-state index is 11.8. The largest absolute Gasteiger partial charge is 0.476 e. The standard InChI is InChI=1S/C19H20N4O2S/c1-11-10-26-18(20-11)13-2-3-15-14(8-13)17(19(24)25)21-23(15)16-9-22-6-4-12(16)5-7-22/h2-3,8,10,12,16H,4-7,9H2,1H3,(H,24,25)/t16-/m0/s1. The molecule has 3 aliphatic heterocycles. The number of aromatic carboxylic acids is 1. The Morgan fingerprint density at radius 1 is 1.31 bits per heavy atom. The molecule has 0 aliphatic carbocycles. The van der Waals surface area contributed by atoms with E-state index >= 15 is 0 Å². The topological polar surface area (TPSA) is 71.2 Å². The summed E-state index contributed by atoms with van der Waals surface area (Å²) in [4.78, 5) is 18.8. The number of aryl methyl sites for hydroxylation is 1. The number of hydrogen-bond donors (Lipinski definition) is 1. The molecule has 0 saturated carbocycles. The van der Waals surface area contributed by atoms with Crippen molar-refractivity contribution in [1.29, 1.82) is 0 Å². The number of nitrogens with zero attached hydrogens (tertiary/aromatic N) is 4. The van der Waals surface area contributed by atoms with E-state index in [1.54, 1.807) is 11.3 Å². The van der Waals surface area contributed by atoms with E-state index in [-0.39, 0.29) is 11.7 Å². The van der Waals surface area contributed by atoms with Crippen molar-refractivity contribution in [3.63, 3.8) is 0 Å². The Kier molecular flexibility index (Phi) is 3.62. The monoisotopic (exact) mass is 368 g/mol. The minimum Gasteiger partial charge on any atom is -0.476 e. The highest BCUT2D eigenvalue weighted by atomic mass is 32.1. The minimum atomic E-state index is -0.970. The van der Waals surface area contributed by atoms with E-state index in [9.17, 15) is 9.90 Å². The third-order valence-corrected chi connectivity index (χ3v) is 6.72. The number of carboxylic acids is 1. The molecule has 2 aromatic heterocycles. The average Bonchev–Trinajstić information content (AvgIpc) is 3.26. The summed E-state index contributed by atoms with van der Waals surface area (Å²) < 4.78 is 1.98. The van der Waals surface area contributed by atoms with E-state index in [4.69, 9.17) is 0 Å². The first kappa shape index (κ1) is 16.0. The summed E-state index contributed by atoms with van der Waals surface area (Å²) in [6, 6.07) is 6.24. The number of piperidine rings is 3. The summed E-state index contributed by atoms with van der Waals surface area (Å²) in [5.74, 6) is -0.381. The second-order valence-electron chi connectivity index (χ2n) is 7.33. The molecule has 1 aromatic carbocycles. The van der Waals surface area contributed by atoms with Gasteiger partial charge in [0.1, 0.15) is 5.01 Å². The normalized spacial score (nSPS) is 25.0. The lowest BCUT2D eigenvalue weighted by molar-refractivity contribution is 0.0523. The van der Waals surface area contributed by atoms with E-state index in [0.29, 0.717) is 11.3 Å². The van der Waals surface area contributed by atoms with Gasteiger partial charge in [0, 0.05) is 28.6 Å². The third kappa shape index (κ3) is 2.46. The van der Waals surface area contributed by atoms with Gasteiger partial charge >= 0.3 is 5.97 Å². The van der Waals surface area contributed by atoms with Crippen LogP contribution in [0.1, 0.15) is 35.1 Å². The highest BCUT2D eigenvalue weighted by molar-refractivity contribution is 7.13. The number of rotatable bonds is 3. The molecule has 0 unspecified atom stereocenters. The van der Waals surface area contributed by atoms with Crippen molar-refractivity contribution in [3.8, 4) is 10.6 Å². The van der Waals surface area contributed by atoms with Gasteiger partial charge in [0.05, 0.1) is 11.6 Å². The van der Waals surface area contributed by atoms with Crippen molar-refractivity contribution in [1.82, 2.24) is 19.7 Å². The highest BCUT2D eigenvalue weighted by Crippen LogP contribution is 2.38. The number of aromatic nitrogens is 3. The van der Waals surface area contributed by atoms with Crippen LogP contribution in [-0.2, 0) is 0 Å². The Balaban J connectivity index is 1.65. The van der Waals surface area contributed by atoms with Crippen LogP contribution in [0, 0.1) is 12.8 Å². The molecule has 3 saturated heterocycles. The van der Waals surface area contributed by atoms with Gasteiger partial charge in [-0.05, 0) is 57.0 Å². The van der Waals surface area contributed by atoms with Gasteiger partial charge in [-0.2, -0.15) is 5.10 Å². The van der Waals surface area contributed by atoms with Crippen LogP contribution in [0.3, 0.4) is 0 Å².